The van der Waals surface area contributed by atoms with Crippen LogP contribution in [0.4, 0.5) is 4.39 Å². The van der Waals surface area contributed by atoms with Crippen molar-refractivity contribution in [1.82, 2.24) is 5.32 Å². The van der Waals surface area contributed by atoms with E-state index in [1.165, 1.54) is 19.1 Å². The van der Waals surface area contributed by atoms with Crippen LogP contribution in [0.25, 0.3) is 0 Å². The van der Waals surface area contributed by atoms with Gasteiger partial charge in [-0.1, -0.05) is 6.92 Å². The summed E-state index contributed by atoms with van der Waals surface area (Å²) < 4.78 is 62.5. The van der Waals surface area contributed by atoms with Crippen LogP contribution in [-0.2, 0) is 19.7 Å². The molecule has 1 N–H and O–H groups in total. The van der Waals surface area contributed by atoms with Gasteiger partial charge in [0, 0.05) is 6.04 Å². The maximum absolute atomic E-state index is 13.3. The molecule has 1 aromatic carbocycles. The van der Waals surface area contributed by atoms with Gasteiger partial charge in [-0.25, -0.2) is 21.2 Å². The Balaban J connectivity index is 2.39. The van der Waals surface area contributed by atoms with Crippen LogP contribution in [0.5, 0.6) is 0 Å². The fourth-order valence-electron chi connectivity index (χ4n) is 2.61. The Morgan fingerprint density at radius 3 is 2.59 bits per heavy atom. The predicted octanol–water partition coefficient (Wildman–Crippen LogP) is 1.07. The molecule has 0 saturated carbocycles. The van der Waals surface area contributed by atoms with Gasteiger partial charge in [0.15, 0.2) is 19.7 Å². The fraction of sp³-hybridized carbons (Fsp3) is 0.571. The van der Waals surface area contributed by atoms with Crippen LogP contribution in [-0.4, -0.2) is 46.2 Å². The Morgan fingerprint density at radius 2 is 2.00 bits per heavy atom. The molecule has 1 heterocycles. The van der Waals surface area contributed by atoms with E-state index in [0.717, 1.165) is 12.5 Å². The van der Waals surface area contributed by atoms with Crippen LogP contribution in [0.3, 0.4) is 0 Å². The number of halogens is 1. The van der Waals surface area contributed by atoms with Gasteiger partial charge < -0.3 is 5.32 Å². The van der Waals surface area contributed by atoms with Gasteiger partial charge in [-0.15, -0.1) is 0 Å². The normalized spacial score (nSPS) is 24.5. The van der Waals surface area contributed by atoms with Crippen molar-refractivity contribution in [1.29, 1.82) is 0 Å². The minimum atomic E-state index is -3.84. The molecule has 1 fully saturated rings. The Kier molecular flexibility index (Phi) is 4.93. The second-order valence-corrected chi connectivity index (χ2v) is 9.95. The number of benzene rings is 1. The summed E-state index contributed by atoms with van der Waals surface area (Å²) in [4.78, 5) is -0.0307. The first-order valence-electron chi connectivity index (χ1n) is 7.11. The van der Waals surface area contributed by atoms with E-state index in [2.05, 4.69) is 5.32 Å². The van der Waals surface area contributed by atoms with Crippen LogP contribution < -0.4 is 5.32 Å². The number of hydrogen-bond donors (Lipinski definition) is 1. The zero-order valence-electron chi connectivity index (χ0n) is 12.5. The standard InChI is InChI=1S/C14H20FNO4S2/c1-3-6-16-13-8-21(17,18)9-14(13)22(19,20)11-4-5-12(15)10(2)7-11/h4-5,7,13-14,16H,3,6,8-9H2,1-2H3. The number of rotatable bonds is 5. The van der Waals surface area contributed by atoms with Crippen molar-refractivity contribution in [3.63, 3.8) is 0 Å². The molecule has 0 amide bonds. The van der Waals surface area contributed by atoms with E-state index < -0.39 is 42.5 Å². The third-order valence-electron chi connectivity index (χ3n) is 3.81. The molecule has 1 aliphatic heterocycles. The molecular formula is C14H20FNO4S2. The van der Waals surface area contributed by atoms with Crippen molar-refractivity contribution in [2.24, 2.45) is 0 Å². The minimum Gasteiger partial charge on any atom is -0.312 e. The van der Waals surface area contributed by atoms with Crippen molar-refractivity contribution in [2.45, 2.75) is 36.5 Å². The topological polar surface area (TPSA) is 80.3 Å². The molecule has 0 aromatic heterocycles. The molecule has 5 nitrogen and oxygen atoms in total. The smallest absolute Gasteiger partial charge is 0.183 e. The van der Waals surface area contributed by atoms with Gasteiger partial charge in [-0.2, -0.15) is 0 Å². The molecule has 124 valence electrons. The Labute approximate surface area is 130 Å². The minimum absolute atomic E-state index is 0.0307. The zero-order valence-corrected chi connectivity index (χ0v) is 14.2. The lowest BCUT2D eigenvalue weighted by atomic mass is 10.2. The monoisotopic (exact) mass is 349 g/mol. The van der Waals surface area contributed by atoms with Gasteiger partial charge in [-0.3, -0.25) is 0 Å². The summed E-state index contributed by atoms with van der Waals surface area (Å²) in [5.74, 6) is -1.07. The molecule has 8 heteroatoms. The van der Waals surface area contributed by atoms with E-state index >= 15 is 0 Å². The lowest BCUT2D eigenvalue weighted by Gasteiger charge is -2.20. The molecule has 0 aliphatic carbocycles. The molecule has 2 unspecified atom stereocenters. The van der Waals surface area contributed by atoms with Gasteiger partial charge in [-0.05, 0) is 43.7 Å². The highest BCUT2D eigenvalue weighted by molar-refractivity contribution is 7.96. The van der Waals surface area contributed by atoms with Crippen LogP contribution in [0.1, 0.15) is 18.9 Å². The molecule has 2 atom stereocenters. The first-order valence-corrected chi connectivity index (χ1v) is 10.5. The van der Waals surface area contributed by atoms with Crippen LogP contribution >= 0.6 is 0 Å². The van der Waals surface area contributed by atoms with Crippen molar-refractivity contribution in [3.8, 4) is 0 Å². The van der Waals surface area contributed by atoms with Crippen molar-refractivity contribution < 1.29 is 21.2 Å². The van der Waals surface area contributed by atoms with Gasteiger partial charge in [0.25, 0.3) is 0 Å². The average molecular weight is 349 g/mol. The van der Waals surface area contributed by atoms with E-state index in [1.807, 2.05) is 6.92 Å². The van der Waals surface area contributed by atoms with Crippen molar-refractivity contribution in [3.05, 3.63) is 29.6 Å². The van der Waals surface area contributed by atoms with Crippen LogP contribution in [0.15, 0.2) is 23.1 Å². The molecule has 0 bridgehead atoms. The number of sulfone groups is 2. The van der Waals surface area contributed by atoms with Crippen molar-refractivity contribution in [2.75, 3.05) is 18.1 Å². The molecule has 1 aliphatic rings. The summed E-state index contributed by atoms with van der Waals surface area (Å²) in [5, 5.41) is 1.97. The Hall–Kier alpha value is -0.990. The van der Waals surface area contributed by atoms with E-state index in [0.29, 0.717) is 6.54 Å². The maximum atomic E-state index is 13.3. The van der Waals surface area contributed by atoms with E-state index in [4.69, 9.17) is 0 Å². The maximum Gasteiger partial charge on any atom is 0.183 e. The summed E-state index contributed by atoms with van der Waals surface area (Å²) >= 11 is 0. The van der Waals surface area contributed by atoms with Gasteiger partial charge in [0.2, 0.25) is 0 Å². The largest absolute Gasteiger partial charge is 0.312 e. The SMILES string of the molecule is CCCNC1CS(=O)(=O)CC1S(=O)(=O)c1ccc(F)c(C)c1. The molecule has 1 saturated heterocycles. The van der Waals surface area contributed by atoms with Gasteiger partial charge in [0.05, 0.1) is 21.7 Å². The Morgan fingerprint density at radius 1 is 1.32 bits per heavy atom. The van der Waals surface area contributed by atoms with Crippen LogP contribution in [0, 0.1) is 12.7 Å². The lowest BCUT2D eigenvalue weighted by Crippen LogP contribution is -2.43. The predicted molar refractivity (Wildman–Crippen MR) is 82.8 cm³/mol. The second kappa shape index (κ2) is 6.25. The highest BCUT2D eigenvalue weighted by Gasteiger charge is 2.45. The average Bonchev–Trinajstić information content (AvgIpc) is 2.75. The Bertz CT molecular complexity index is 759. The number of hydrogen-bond acceptors (Lipinski definition) is 5. The third-order valence-corrected chi connectivity index (χ3v) is 7.96. The molecule has 2 rings (SSSR count). The summed E-state index contributed by atoms with van der Waals surface area (Å²) in [5.41, 5.74) is 0.222. The molecular weight excluding hydrogens is 329 g/mol. The highest BCUT2D eigenvalue weighted by Crippen LogP contribution is 2.27. The first kappa shape index (κ1) is 17.4. The van der Waals surface area contributed by atoms with Crippen molar-refractivity contribution >= 4 is 19.7 Å². The van der Waals surface area contributed by atoms with Gasteiger partial charge >= 0.3 is 0 Å². The number of aryl methyl sites for hydroxylation is 1. The van der Waals surface area contributed by atoms with Gasteiger partial charge in [0.1, 0.15) is 5.82 Å². The molecule has 1 aromatic rings. The summed E-state index contributed by atoms with van der Waals surface area (Å²) in [7, 11) is -7.24. The quantitative estimate of drug-likeness (QED) is 0.805. The van der Waals surface area contributed by atoms with Crippen LogP contribution in [0.2, 0.25) is 0 Å². The molecule has 0 spiro atoms. The van der Waals surface area contributed by atoms with E-state index in [9.17, 15) is 21.2 Å². The first-order chi connectivity index (χ1) is 10.2. The molecule has 22 heavy (non-hydrogen) atoms. The molecule has 0 radical (unpaired) electrons. The summed E-state index contributed by atoms with van der Waals surface area (Å²) in [6, 6.07) is 2.92. The zero-order chi connectivity index (χ0) is 16.5. The summed E-state index contributed by atoms with van der Waals surface area (Å²) in [6.07, 6.45) is 0.777. The second-order valence-electron chi connectivity index (χ2n) is 5.63. The fourth-order valence-corrected chi connectivity index (χ4v) is 7.41. The highest BCUT2D eigenvalue weighted by atomic mass is 32.2. The lowest BCUT2D eigenvalue weighted by molar-refractivity contribution is 0.525. The van der Waals surface area contributed by atoms with E-state index in [-0.39, 0.29) is 16.2 Å². The van der Waals surface area contributed by atoms with E-state index in [1.54, 1.807) is 0 Å². The summed E-state index contributed by atoms with van der Waals surface area (Å²) in [6.45, 7) is 3.95. The number of nitrogens with one attached hydrogen (secondary N) is 1. The third kappa shape index (κ3) is 3.49.